The van der Waals surface area contributed by atoms with Crippen molar-refractivity contribution < 1.29 is 18.7 Å². The molecule has 2 heterocycles. The minimum atomic E-state index is -0.336. The first kappa shape index (κ1) is 15.1. The van der Waals surface area contributed by atoms with Crippen molar-refractivity contribution in [3.63, 3.8) is 0 Å². The van der Waals surface area contributed by atoms with Gasteiger partial charge in [0.25, 0.3) is 5.91 Å². The zero-order valence-corrected chi connectivity index (χ0v) is 13.3. The van der Waals surface area contributed by atoms with Crippen LogP contribution in [-0.2, 0) is 0 Å². The number of methoxy groups -OCH3 is 2. The zero-order valence-electron chi connectivity index (χ0n) is 12.5. The summed E-state index contributed by atoms with van der Waals surface area (Å²) < 4.78 is 15.6. The fraction of sp³-hybridized carbons (Fsp3) is 0.125. The van der Waals surface area contributed by atoms with Gasteiger partial charge in [-0.25, -0.2) is 4.98 Å². The molecule has 0 fully saturated rings. The van der Waals surface area contributed by atoms with Crippen LogP contribution in [0.3, 0.4) is 0 Å². The summed E-state index contributed by atoms with van der Waals surface area (Å²) in [5.41, 5.74) is 1.53. The number of thiazole rings is 1. The maximum absolute atomic E-state index is 11.9. The van der Waals surface area contributed by atoms with E-state index in [4.69, 9.17) is 13.9 Å². The largest absolute Gasteiger partial charge is 0.497 e. The van der Waals surface area contributed by atoms with Gasteiger partial charge >= 0.3 is 0 Å². The Morgan fingerprint density at radius 3 is 2.83 bits per heavy atom. The SMILES string of the molecule is COc1ccc(-c2csc(NC(=O)c3ccco3)n2)c(OC)c1. The molecule has 0 bridgehead atoms. The van der Waals surface area contributed by atoms with Gasteiger partial charge in [-0.05, 0) is 24.3 Å². The summed E-state index contributed by atoms with van der Waals surface area (Å²) in [6.45, 7) is 0. The third-order valence-corrected chi connectivity index (χ3v) is 3.91. The molecule has 0 aliphatic carbocycles. The van der Waals surface area contributed by atoms with Crippen LogP contribution in [0.1, 0.15) is 10.6 Å². The van der Waals surface area contributed by atoms with Gasteiger partial charge in [-0.3, -0.25) is 10.1 Å². The maximum atomic E-state index is 11.9. The summed E-state index contributed by atoms with van der Waals surface area (Å²) in [5.74, 6) is 1.26. The lowest BCUT2D eigenvalue weighted by atomic mass is 10.1. The van der Waals surface area contributed by atoms with E-state index in [0.29, 0.717) is 22.3 Å². The average Bonchev–Trinajstić information content (AvgIpc) is 3.26. The van der Waals surface area contributed by atoms with Gasteiger partial charge in [-0.15, -0.1) is 11.3 Å². The first-order valence-corrected chi connectivity index (χ1v) is 7.62. The topological polar surface area (TPSA) is 73.6 Å². The predicted molar refractivity (Wildman–Crippen MR) is 87.3 cm³/mol. The molecule has 0 unspecified atom stereocenters. The number of rotatable bonds is 5. The van der Waals surface area contributed by atoms with E-state index >= 15 is 0 Å². The van der Waals surface area contributed by atoms with E-state index in [2.05, 4.69) is 10.3 Å². The Morgan fingerprint density at radius 1 is 1.26 bits per heavy atom. The molecule has 7 heteroatoms. The summed E-state index contributed by atoms with van der Waals surface area (Å²) in [5, 5.41) is 5.04. The van der Waals surface area contributed by atoms with Crippen molar-refractivity contribution in [3.8, 4) is 22.8 Å². The number of ether oxygens (including phenoxy) is 2. The van der Waals surface area contributed by atoms with Crippen molar-refractivity contribution in [2.75, 3.05) is 19.5 Å². The van der Waals surface area contributed by atoms with Crippen LogP contribution in [0.15, 0.2) is 46.4 Å². The summed E-state index contributed by atoms with van der Waals surface area (Å²) in [7, 11) is 3.18. The van der Waals surface area contributed by atoms with Gasteiger partial charge in [0.1, 0.15) is 11.5 Å². The third kappa shape index (κ3) is 3.19. The Labute approximate surface area is 136 Å². The van der Waals surface area contributed by atoms with Gasteiger partial charge in [0, 0.05) is 17.0 Å². The molecule has 2 aromatic heterocycles. The lowest BCUT2D eigenvalue weighted by Crippen LogP contribution is -2.10. The lowest BCUT2D eigenvalue weighted by Gasteiger charge is -2.08. The van der Waals surface area contributed by atoms with Gasteiger partial charge in [-0.1, -0.05) is 0 Å². The van der Waals surface area contributed by atoms with Crippen LogP contribution in [0.5, 0.6) is 11.5 Å². The Morgan fingerprint density at radius 2 is 2.13 bits per heavy atom. The average molecular weight is 330 g/mol. The number of carbonyl (C=O) groups is 1. The van der Waals surface area contributed by atoms with E-state index in [-0.39, 0.29) is 11.7 Å². The van der Waals surface area contributed by atoms with Crippen LogP contribution in [0.4, 0.5) is 5.13 Å². The molecule has 1 amide bonds. The normalized spacial score (nSPS) is 10.3. The highest BCUT2D eigenvalue weighted by Gasteiger charge is 2.14. The van der Waals surface area contributed by atoms with Crippen molar-refractivity contribution in [1.29, 1.82) is 0 Å². The van der Waals surface area contributed by atoms with Crippen molar-refractivity contribution in [2.45, 2.75) is 0 Å². The van der Waals surface area contributed by atoms with Crippen molar-refractivity contribution in [2.24, 2.45) is 0 Å². The van der Waals surface area contributed by atoms with E-state index in [1.54, 1.807) is 32.4 Å². The van der Waals surface area contributed by atoms with Gasteiger partial charge in [0.05, 0.1) is 26.2 Å². The molecule has 0 aliphatic heterocycles. The minimum absolute atomic E-state index is 0.240. The van der Waals surface area contributed by atoms with Gasteiger partial charge < -0.3 is 13.9 Å². The molecule has 23 heavy (non-hydrogen) atoms. The first-order valence-electron chi connectivity index (χ1n) is 6.74. The number of nitrogens with zero attached hydrogens (tertiary/aromatic N) is 1. The number of amides is 1. The molecular formula is C16H14N2O4S. The van der Waals surface area contributed by atoms with Crippen LogP contribution in [0.2, 0.25) is 0 Å². The molecule has 0 saturated heterocycles. The number of nitrogens with one attached hydrogen (secondary N) is 1. The summed E-state index contributed by atoms with van der Waals surface area (Å²) in [6, 6.07) is 8.74. The Kier molecular flexibility index (Phi) is 4.29. The van der Waals surface area contributed by atoms with E-state index in [9.17, 15) is 4.79 Å². The number of aromatic nitrogens is 1. The van der Waals surface area contributed by atoms with Gasteiger partial charge in [-0.2, -0.15) is 0 Å². The number of anilines is 1. The van der Waals surface area contributed by atoms with Crippen LogP contribution in [-0.4, -0.2) is 25.1 Å². The molecule has 0 saturated carbocycles. The predicted octanol–water partition coefficient (Wildman–Crippen LogP) is 3.67. The number of hydrogen-bond donors (Lipinski definition) is 1. The molecule has 118 valence electrons. The highest BCUT2D eigenvalue weighted by molar-refractivity contribution is 7.14. The molecule has 0 spiro atoms. The quantitative estimate of drug-likeness (QED) is 0.772. The van der Waals surface area contributed by atoms with Crippen LogP contribution in [0, 0.1) is 0 Å². The zero-order chi connectivity index (χ0) is 16.2. The fourth-order valence-corrected chi connectivity index (χ4v) is 2.74. The summed E-state index contributed by atoms with van der Waals surface area (Å²) in [4.78, 5) is 16.4. The molecule has 0 atom stereocenters. The van der Waals surface area contributed by atoms with E-state index in [1.807, 2.05) is 17.5 Å². The lowest BCUT2D eigenvalue weighted by molar-refractivity contribution is 0.0996. The van der Waals surface area contributed by atoms with Crippen molar-refractivity contribution in [3.05, 3.63) is 47.7 Å². The molecule has 3 aromatic rings. The van der Waals surface area contributed by atoms with E-state index in [0.717, 1.165) is 5.56 Å². The second-order valence-corrected chi connectivity index (χ2v) is 5.39. The monoisotopic (exact) mass is 330 g/mol. The van der Waals surface area contributed by atoms with E-state index in [1.165, 1.54) is 17.6 Å². The second kappa shape index (κ2) is 6.53. The molecule has 6 nitrogen and oxygen atoms in total. The number of furan rings is 1. The number of carbonyl (C=O) groups excluding carboxylic acids is 1. The summed E-state index contributed by atoms with van der Waals surface area (Å²) >= 11 is 1.33. The van der Waals surface area contributed by atoms with Crippen LogP contribution >= 0.6 is 11.3 Å². The van der Waals surface area contributed by atoms with Crippen molar-refractivity contribution in [1.82, 2.24) is 4.98 Å². The minimum Gasteiger partial charge on any atom is -0.497 e. The maximum Gasteiger partial charge on any atom is 0.293 e. The van der Waals surface area contributed by atoms with Crippen LogP contribution < -0.4 is 14.8 Å². The Bertz CT molecular complexity index is 811. The van der Waals surface area contributed by atoms with Gasteiger partial charge in [0.2, 0.25) is 0 Å². The molecule has 1 aromatic carbocycles. The third-order valence-electron chi connectivity index (χ3n) is 3.15. The first-order chi connectivity index (χ1) is 11.2. The fourth-order valence-electron chi connectivity index (χ4n) is 2.03. The molecule has 1 N–H and O–H groups in total. The smallest absolute Gasteiger partial charge is 0.293 e. The number of hydrogen-bond acceptors (Lipinski definition) is 6. The highest BCUT2D eigenvalue weighted by Crippen LogP contribution is 2.34. The Hall–Kier alpha value is -2.80. The van der Waals surface area contributed by atoms with E-state index < -0.39 is 0 Å². The molecular weight excluding hydrogens is 316 g/mol. The summed E-state index contributed by atoms with van der Waals surface area (Å²) in [6.07, 6.45) is 1.45. The number of benzene rings is 1. The standard InChI is InChI=1S/C16H14N2O4S/c1-20-10-5-6-11(14(8-10)21-2)12-9-23-16(17-12)18-15(19)13-4-3-7-22-13/h3-9H,1-2H3,(H,17,18,19). The molecule has 0 radical (unpaired) electrons. The molecule has 3 rings (SSSR count). The Balaban J connectivity index is 1.83. The van der Waals surface area contributed by atoms with Gasteiger partial charge in [0.15, 0.2) is 10.9 Å². The molecule has 0 aliphatic rings. The second-order valence-electron chi connectivity index (χ2n) is 4.54. The van der Waals surface area contributed by atoms with Crippen LogP contribution in [0.25, 0.3) is 11.3 Å². The highest BCUT2D eigenvalue weighted by atomic mass is 32.1. The van der Waals surface area contributed by atoms with Crippen molar-refractivity contribution >= 4 is 22.4 Å².